The average molecular weight is 374 g/mol. The maximum Gasteiger partial charge on any atom is 0.416 e. The summed E-state index contributed by atoms with van der Waals surface area (Å²) in [5, 5.41) is 8.84. The fraction of sp³-hybridized carbons (Fsp3) is 0.125. The predicted molar refractivity (Wildman–Crippen MR) is 83.4 cm³/mol. The van der Waals surface area contributed by atoms with Crippen LogP contribution in [0.15, 0.2) is 42.7 Å². The molecule has 0 radical (unpaired) electrons. The number of halogens is 4. The zero-order valence-corrected chi connectivity index (χ0v) is 13.4. The van der Waals surface area contributed by atoms with E-state index >= 15 is 0 Å². The Kier molecular flexibility index (Phi) is 5.53. The second-order valence-electron chi connectivity index (χ2n) is 4.69. The maximum absolute atomic E-state index is 12.9. The van der Waals surface area contributed by atoms with E-state index < -0.39 is 28.7 Å². The van der Waals surface area contributed by atoms with Gasteiger partial charge in [0.25, 0.3) is 0 Å². The van der Waals surface area contributed by atoms with Crippen molar-refractivity contribution in [2.45, 2.75) is 6.18 Å². The van der Waals surface area contributed by atoms with Crippen molar-refractivity contribution in [3.63, 3.8) is 0 Å². The molecular formula is C16H11ClF3NO4. The molecule has 5 nitrogen and oxygen atoms in total. The Hall–Kier alpha value is -2.74. The van der Waals surface area contributed by atoms with Crippen molar-refractivity contribution in [1.29, 1.82) is 0 Å². The molecule has 1 aromatic heterocycles. The highest BCUT2D eigenvalue weighted by atomic mass is 35.5. The summed E-state index contributed by atoms with van der Waals surface area (Å²) in [6, 6.07) is 7.21. The summed E-state index contributed by atoms with van der Waals surface area (Å²) < 4.78 is 48.6. The lowest BCUT2D eigenvalue weighted by molar-refractivity contribution is -0.137. The van der Waals surface area contributed by atoms with Crippen molar-refractivity contribution < 1.29 is 32.5 Å². The largest absolute Gasteiger partial charge is 0.503 e. The van der Waals surface area contributed by atoms with Gasteiger partial charge in [0, 0.05) is 11.6 Å². The Labute approximate surface area is 145 Å². The molecule has 0 saturated heterocycles. The molecule has 1 aromatic carbocycles. The highest BCUT2D eigenvalue weighted by molar-refractivity contribution is 6.29. The van der Waals surface area contributed by atoms with E-state index in [9.17, 15) is 23.1 Å². The number of hydrogen-bond donors (Lipinski definition) is 1. The monoisotopic (exact) mass is 373 g/mol. The molecule has 0 amide bonds. The molecule has 1 heterocycles. The number of rotatable bonds is 5. The predicted octanol–water partition coefficient (Wildman–Crippen LogP) is 4.62. The summed E-state index contributed by atoms with van der Waals surface area (Å²) in [7, 11) is 1.26. The first-order chi connectivity index (χ1) is 11.7. The van der Waals surface area contributed by atoms with Crippen LogP contribution in [-0.4, -0.2) is 23.2 Å². The summed E-state index contributed by atoms with van der Waals surface area (Å²) in [5.74, 6) is -1.74. The fourth-order valence-corrected chi connectivity index (χ4v) is 2.13. The molecule has 25 heavy (non-hydrogen) atoms. The zero-order valence-electron chi connectivity index (χ0n) is 12.7. The second kappa shape index (κ2) is 7.43. The topological polar surface area (TPSA) is 68.7 Å². The highest BCUT2D eigenvalue weighted by Crippen LogP contribution is 2.35. The molecule has 9 heteroatoms. The van der Waals surface area contributed by atoms with E-state index in [0.717, 1.165) is 6.26 Å². The van der Waals surface area contributed by atoms with Crippen LogP contribution in [0, 0.1) is 0 Å². The molecular weight excluding hydrogens is 363 g/mol. The number of aromatic nitrogens is 1. The fourth-order valence-electron chi connectivity index (χ4n) is 1.93. The van der Waals surface area contributed by atoms with Crippen LogP contribution < -0.4 is 4.74 Å². The first-order valence-electron chi connectivity index (χ1n) is 6.70. The van der Waals surface area contributed by atoms with Gasteiger partial charge in [0.05, 0.1) is 18.9 Å². The number of ether oxygens (including phenoxy) is 2. The molecule has 0 aliphatic carbocycles. The minimum absolute atomic E-state index is 0.0175. The van der Waals surface area contributed by atoms with Crippen LogP contribution in [0.4, 0.5) is 13.2 Å². The molecule has 2 rings (SSSR count). The smallest absolute Gasteiger partial charge is 0.416 e. The van der Waals surface area contributed by atoms with Crippen LogP contribution in [0.2, 0.25) is 5.15 Å². The summed E-state index contributed by atoms with van der Waals surface area (Å²) in [6.07, 6.45) is -3.65. The number of aliphatic carboxylic acids is 1. The number of carboxylic acid groups (broad SMARTS) is 1. The van der Waals surface area contributed by atoms with E-state index in [-0.39, 0.29) is 16.9 Å². The number of methoxy groups -OCH3 is 1. The number of carboxylic acids is 1. The SMILES string of the molecule is CO/C=C(/C(=O)O)c1ccccc1Oc1cc(C(F)(F)F)cc(Cl)n1. The van der Waals surface area contributed by atoms with Gasteiger partial charge in [0.15, 0.2) is 0 Å². The van der Waals surface area contributed by atoms with Crippen LogP contribution in [0.3, 0.4) is 0 Å². The van der Waals surface area contributed by atoms with E-state index in [0.29, 0.717) is 12.1 Å². The third-order valence-corrected chi connectivity index (χ3v) is 3.15. The molecule has 1 N–H and O–H groups in total. The van der Waals surface area contributed by atoms with Crippen LogP contribution in [0.5, 0.6) is 11.6 Å². The van der Waals surface area contributed by atoms with Crippen LogP contribution in [0.25, 0.3) is 5.57 Å². The lowest BCUT2D eigenvalue weighted by Gasteiger charge is -2.13. The van der Waals surface area contributed by atoms with Gasteiger partial charge in [-0.2, -0.15) is 13.2 Å². The Morgan fingerprint density at radius 2 is 1.96 bits per heavy atom. The van der Waals surface area contributed by atoms with E-state index in [4.69, 9.17) is 21.1 Å². The first-order valence-corrected chi connectivity index (χ1v) is 7.08. The van der Waals surface area contributed by atoms with Crippen molar-refractivity contribution >= 4 is 23.1 Å². The average Bonchev–Trinajstić information content (AvgIpc) is 2.52. The zero-order chi connectivity index (χ0) is 18.6. The van der Waals surface area contributed by atoms with E-state index in [1.807, 2.05) is 0 Å². The van der Waals surface area contributed by atoms with Crippen molar-refractivity contribution in [2.75, 3.05) is 7.11 Å². The van der Waals surface area contributed by atoms with Gasteiger partial charge in [-0.05, 0) is 12.1 Å². The van der Waals surface area contributed by atoms with Crippen molar-refractivity contribution in [3.8, 4) is 11.6 Å². The first kappa shape index (κ1) is 18.6. The third-order valence-electron chi connectivity index (χ3n) is 2.96. The normalized spacial score (nSPS) is 12.0. The van der Waals surface area contributed by atoms with Crippen molar-refractivity contribution in [1.82, 2.24) is 4.98 Å². The van der Waals surface area contributed by atoms with Gasteiger partial charge in [0.2, 0.25) is 5.88 Å². The lowest BCUT2D eigenvalue weighted by atomic mass is 10.1. The number of benzene rings is 1. The number of para-hydroxylation sites is 1. The van der Waals surface area contributed by atoms with Crippen LogP contribution in [0.1, 0.15) is 11.1 Å². The Morgan fingerprint density at radius 3 is 2.56 bits per heavy atom. The number of nitrogens with zero attached hydrogens (tertiary/aromatic N) is 1. The highest BCUT2D eigenvalue weighted by Gasteiger charge is 2.32. The summed E-state index contributed by atoms with van der Waals surface area (Å²) in [6.45, 7) is 0. The minimum atomic E-state index is -4.63. The lowest BCUT2D eigenvalue weighted by Crippen LogP contribution is -2.06. The molecule has 0 fully saturated rings. The standard InChI is InChI=1S/C16H11ClF3NO4/c1-24-8-11(15(22)23)10-4-2-3-5-12(10)25-14-7-9(16(18,19)20)6-13(17)21-14/h2-8H,1H3,(H,22,23)/b11-8+. The van der Waals surface area contributed by atoms with Crippen LogP contribution in [-0.2, 0) is 15.7 Å². The summed E-state index contributed by atoms with van der Waals surface area (Å²) in [5.41, 5.74) is -1.17. The van der Waals surface area contributed by atoms with E-state index in [1.54, 1.807) is 6.07 Å². The van der Waals surface area contributed by atoms with Gasteiger partial charge in [-0.1, -0.05) is 29.8 Å². The number of alkyl halides is 3. The van der Waals surface area contributed by atoms with Crippen molar-refractivity contribution in [2.24, 2.45) is 0 Å². The molecule has 0 bridgehead atoms. The molecule has 0 unspecified atom stereocenters. The van der Waals surface area contributed by atoms with Gasteiger partial charge in [0.1, 0.15) is 16.5 Å². The Morgan fingerprint density at radius 1 is 1.28 bits per heavy atom. The molecule has 0 spiro atoms. The van der Waals surface area contributed by atoms with Gasteiger partial charge < -0.3 is 14.6 Å². The quantitative estimate of drug-likeness (QED) is 0.470. The van der Waals surface area contributed by atoms with Gasteiger partial charge in [-0.3, -0.25) is 0 Å². The Bertz CT molecular complexity index is 821. The summed E-state index contributed by atoms with van der Waals surface area (Å²) >= 11 is 5.61. The minimum Gasteiger partial charge on any atom is -0.503 e. The van der Waals surface area contributed by atoms with Crippen molar-refractivity contribution in [3.05, 3.63) is 58.9 Å². The second-order valence-corrected chi connectivity index (χ2v) is 5.07. The third kappa shape index (κ3) is 4.63. The maximum atomic E-state index is 12.9. The van der Waals surface area contributed by atoms with Gasteiger partial charge in [-0.15, -0.1) is 0 Å². The molecule has 0 saturated carbocycles. The molecule has 0 atom stereocenters. The van der Waals surface area contributed by atoms with E-state index in [2.05, 4.69) is 4.98 Å². The summed E-state index contributed by atoms with van der Waals surface area (Å²) in [4.78, 5) is 15.0. The molecule has 2 aromatic rings. The number of pyridine rings is 1. The number of hydrogen-bond acceptors (Lipinski definition) is 4. The van der Waals surface area contributed by atoms with Gasteiger partial charge in [-0.25, -0.2) is 9.78 Å². The molecule has 132 valence electrons. The van der Waals surface area contributed by atoms with Crippen LogP contribution >= 0.6 is 11.6 Å². The van der Waals surface area contributed by atoms with Gasteiger partial charge >= 0.3 is 12.1 Å². The molecule has 0 aliphatic rings. The Balaban J connectivity index is 2.47. The molecule has 0 aliphatic heterocycles. The van der Waals surface area contributed by atoms with E-state index in [1.165, 1.54) is 25.3 Å². The number of carbonyl (C=O) groups is 1.